The van der Waals surface area contributed by atoms with Gasteiger partial charge in [-0.1, -0.05) is 48.5 Å². The van der Waals surface area contributed by atoms with Crippen LogP contribution in [0.15, 0.2) is 58.0 Å². The monoisotopic (exact) mass is 381 g/mol. The lowest BCUT2D eigenvalue weighted by atomic mass is 10.1. The molecule has 1 aromatic carbocycles. The number of hydrogen-bond donors (Lipinski definition) is 1. The Morgan fingerprint density at radius 3 is 2.56 bits per heavy atom. The molecule has 0 saturated heterocycles. The molecular weight excluding hydrogens is 358 g/mol. The number of hydrogen-bond acceptors (Lipinski definition) is 5. The van der Waals surface area contributed by atoms with Gasteiger partial charge in [0.05, 0.1) is 11.4 Å². The Morgan fingerprint density at radius 2 is 1.89 bits per heavy atom. The first-order chi connectivity index (χ1) is 13.0. The number of carbonyl (C=O) groups is 1. The molecule has 2 aromatic heterocycles. The number of furan rings is 1. The van der Waals surface area contributed by atoms with Crippen LogP contribution in [0.3, 0.4) is 0 Å². The summed E-state index contributed by atoms with van der Waals surface area (Å²) >= 11 is 1.52. The maximum absolute atomic E-state index is 12.1. The SMILES string of the molecule is CC[C@H](C)NC(=O)c1ccc(CSc2ccc(-c3ccc(C)cc3)nn2)o1. The zero-order chi connectivity index (χ0) is 19.2. The number of aromatic nitrogens is 2. The van der Waals surface area contributed by atoms with Crippen molar-refractivity contribution in [2.45, 2.75) is 44.0 Å². The molecule has 0 fully saturated rings. The van der Waals surface area contributed by atoms with Crippen LogP contribution in [0, 0.1) is 6.92 Å². The maximum Gasteiger partial charge on any atom is 0.287 e. The van der Waals surface area contributed by atoms with Crippen molar-refractivity contribution in [3.63, 3.8) is 0 Å². The molecule has 0 aliphatic rings. The van der Waals surface area contributed by atoms with Crippen LogP contribution in [0.2, 0.25) is 0 Å². The molecule has 5 nitrogen and oxygen atoms in total. The Kier molecular flexibility index (Phi) is 6.29. The number of nitrogens with one attached hydrogen (secondary N) is 1. The third-order valence-electron chi connectivity index (χ3n) is 4.23. The molecule has 0 radical (unpaired) electrons. The summed E-state index contributed by atoms with van der Waals surface area (Å²) in [4.78, 5) is 12.1. The molecule has 0 aliphatic heterocycles. The van der Waals surface area contributed by atoms with Crippen LogP contribution < -0.4 is 5.32 Å². The van der Waals surface area contributed by atoms with Gasteiger partial charge in [0.1, 0.15) is 10.8 Å². The molecule has 0 unspecified atom stereocenters. The van der Waals surface area contributed by atoms with Crippen molar-refractivity contribution in [3.05, 3.63) is 65.6 Å². The lowest BCUT2D eigenvalue weighted by Crippen LogP contribution is -2.31. The molecule has 1 amide bonds. The first-order valence-corrected chi connectivity index (χ1v) is 9.97. The van der Waals surface area contributed by atoms with Gasteiger partial charge in [0.2, 0.25) is 0 Å². The molecule has 3 aromatic rings. The molecule has 0 bridgehead atoms. The van der Waals surface area contributed by atoms with Gasteiger partial charge >= 0.3 is 0 Å². The molecule has 140 valence electrons. The standard InChI is InChI=1S/C21H23N3O2S/c1-4-15(3)22-21(25)19-11-9-17(26-19)13-27-20-12-10-18(23-24-20)16-7-5-14(2)6-8-16/h5-12,15H,4,13H2,1-3H3,(H,22,25)/t15-/m0/s1. The maximum atomic E-state index is 12.1. The van der Waals surface area contributed by atoms with Crippen molar-refractivity contribution in [3.8, 4) is 11.3 Å². The minimum atomic E-state index is -0.178. The smallest absolute Gasteiger partial charge is 0.287 e. The second-order valence-corrected chi connectivity index (χ2v) is 7.46. The van der Waals surface area contributed by atoms with Gasteiger partial charge in [-0.05, 0) is 44.5 Å². The van der Waals surface area contributed by atoms with E-state index in [-0.39, 0.29) is 11.9 Å². The molecule has 1 N–H and O–H groups in total. The van der Waals surface area contributed by atoms with Crippen LogP contribution in [0.5, 0.6) is 0 Å². The Labute approximate surface area is 163 Å². The summed E-state index contributed by atoms with van der Waals surface area (Å²) < 4.78 is 5.64. The van der Waals surface area contributed by atoms with E-state index in [4.69, 9.17) is 4.42 Å². The van der Waals surface area contributed by atoms with Gasteiger partial charge in [-0.2, -0.15) is 0 Å². The average molecular weight is 382 g/mol. The summed E-state index contributed by atoms with van der Waals surface area (Å²) in [6.07, 6.45) is 0.881. The Balaban J connectivity index is 1.57. The van der Waals surface area contributed by atoms with Gasteiger partial charge in [0, 0.05) is 11.6 Å². The average Bonchev–Trinajstić information content (AvgIpc) is 3.16. The highest BCUT2D eigenvalue weighted by Gasteiger charge is 2.13. The summed E-state index contributed by atoms with van der Waals surface area (Å²) in [5.74, 6) is 1.49. The third-order valence-corrected chi connectivity index (χ3v) is 5.17. The number of nitrogens with zero attached hydrogens (tertiary/aromatic N) is 2. The van der Waals surface area contributed by atoms with E-state index >= 15 is 0 Å². The van der Waals surface area contributed by atoms with Crippen molar-refractivity contribution in [1.82, 2.24) is 15.5 Å². The van der Waals surface area contributed by atoms with Crippen molar-refractivity contribution < 1.29 is 9.21 Å². The largest absolute Gasteiger partial charge is 0.455 e. The summed E-state index contributed by atoms with van der Waals surface area (Å²) in [7, 11) is 0. The van der Waals surface area contributed by atoms with Gasteiger partial charge in [-0.15, -0.1) is 10.2 Å². The Bertz CT molecular complexity index is 889. The second kappa shape index (κ2) is 8.86. The molecule has 2 heterocycles. The minimum Gasteiger partial charge on any atom is -0.455 e. The third kappa shape index (κ3) is 5.20. The minimum absolute atomic E-state index is 0.128. The number of aryl methyl sites for hydroxylation is 1. The van der Waals surface area contributed by atoms with Gasteiger partial charge in [0.15, 0.2) is 5.76 Å². The first kappa shape index (κ1) is 19.2. The van der Waals surface area contributed by atoms with Crippen LogP contribution in [0.25, 0.3) is 11.3 Å². The number of rotatable bonds is 7. The highest BCUT2D eigenvalue weighted by molar-refractivity contribution is 7.98. The lowest BCUT2D eigenvalue weighted by molar-refractivity contribution is 0.0910. The Morgan fingerprint density at radius 1 is 1.11 bits per heavy atom. The van der Waals surface area contributed by atoms with Gasteiger partial charge in [0.25, 0.3) is 5.91 Å². The van der Waals surface area contributed by atoms with Crippen molar-refractivity contribution in [2.75, 3.05) is 0 Å². The fourth-order valence-electron chi connectivity index (χ4n) is 2.39. The fourth-order valence-corrected chi connectivity index (χ4v) is 3.10. The van der Waals surface area contributed by atoms with Crippen LogP contribution >= 0.6 is 11.8 Å². The Hall–Kier alpha value is -2.60. The van der Waals surface area contributed by atoms with Gasteiger partial charge in [-0.25, -0.2) is 0 Å². The topological polar surface area (TPSA) is 68.0 Å². The molecule has 0 spiro atoms. The molecule has 0 saturated carbocycles. The van der Waals surface area contributed by atoms with Crippen molar-refractivity contribution >= 4 is 17.7 Å². The fraction of sp³-hybridized carbons (Fsp3) is 0.286. The van der Waals surface area contributed by atoms with E-state index in [1.807, 2.05) is 44.2 Å². The molecule has 6 heteroatoms. The zero-order valence-corrected chi connectivity index (χ0v) is 16.5. The highest BCUT2D eigenvalue weighted by Crippen LogP contribution is 2.24. The number of carbonyl (C=O) groups excluding carboxylic acids is 1. The van der Waals surface area contributed by atoms with Gasteiger partial charge < -0.3 is 9.73 Å². The summed E-state index contributed by atoms with van der Waals surface area (Å²) in [5, 5.41) is 12.3. The van der Waals surface area contributed by atoms with E-state index in [2.05, 4.69) is 34.6 Å². The van der Waals surface area contributed by atoms with E-state index in [1.165, 1.54) is 17.3 Å². The van der Waals surface area contributed by atoms with Crippen LogP contribution in [-0.4, -0.2) is 22.1 Å². The molecule has 1 atom stereocenters. The lowest BCUT2D eigenvalue weighted by Gasteiger charge is -2.09. The summed E-state index contributed by atoms with van der Waals surface area (Å²) in [6.45, 7) is 6.06. The van der Waals surface area contributed by atoms with E-state index in [9.17, 15) is 4.79 Å². The van der Waals surface area contributed by atoms with Crippen LogP contribution in [0.1, 0.15) is 42.1 Å². The van der Waals surface area contributed by atoms with Crippen molar-refractivity contribution in [1.29, 1.82) is 0 Å². The number of thioether (sulfide) groups is 1. The number of amides is 1. The molecule has 0 aliphatic carbocycles. The van der Waals surface area contributed by atoms with Crippen LogP contribution in [0.4, 0.5) is 0 Å². The van der Waals surface area contributed by atoms with E-state index in [0.29, 0.717) is 11.5 Å². The number of benzene rings is 1. The molecule has 3 rings (SSSR count). The zero-order valence-electron chi connectivity index (χ0n) is 15.7. The van der Waals surface area contributed by atoms with Crippen LogP contribution in [-0.2, 0) is 5.75 Å². The molecule has 27 heavy (non-hydrogen) atoms. The van der Waals surface area contributed by atoms with Crippen molar-refractivity contribution in [2.24, 2.45) is 0 Å². The highest BCUT2D eigenvalue weighted by atomic mass is 32.2. The second-order valence-electron chi connectivity index (χ2n) is 6.46. The normalized spacial score (nSPS) is 12.0. The predicted octanol–water partition coefficient (Wildman–Crippen LogP) is 4.87. The predicted molar refractivity (Wildman–Crippen MR) is 108 cm³/mol. The van der Waals surface area contributed by atoms with E-state index < -0.39 is 0 Å². The van der Waals surface area contributed by atoms with Gasteiger partial charge in [-0.3, -0.25) is 4.79 Å². The summed E-state index contributed by atoms with van der Waals surface area (Å²) in [6, 6.07) is 15.8. The van der Waals surface area contributed by atoms with E-state index in [1.54, 1.807) is 6.07 Å². The van der Waals surface area contributed by atoms with E-state index in [0.717, 1.165) is 28.5 Å². The summed E-state index contributed by atoms with van der Waals surface area (Å²) in [5.41, 5.74) is 3.11. The quantitative estimate of drug-likeness (QED) is 0.592. The molecular formula is C21H23N3O2S. The first-order valence-electron chi connectivity index (χ1n) is 8.98.